The molecule has 3 N–H and O–H groups in total. The Bertz CT molecular complexity index is 534. The summed E-state index contributed by atoms with van der Waals surface area (Å²) in [5, 5.41) is 20.6. The van der Waals surface area contributed by atoms with Crippen LogP contribution >= 0.6 is 0 Å². The van der Waals surface area contributed by atoms with Crippen LogP contribution in [0.4, 0.5) is 0 Å². The number of H-pyrrole nitrogens is 1. The molecule has 0 amide bonds. The second-order valence-electron chi connectivity index (χ2n) is 5.63. The van der Waals surface area contributed by atoms with Gasteiger partial charge >= 0.3 is 0 Å². The van der Waals surface area contributed by atoms with E-state index in [1.54, 1.807) is 18.6 Å². The van der Waals surface area contributed by atoms with E-state index in [-0.39, 0.29) is 5.92 Å². The topological polar surface area (TPSA) is 73.8 Å². The Morgan fingerprint density at radius 2 is 2.20 bits per heavy atom. The Hall–Kier alpha value is -1.72. The monoisotopic (exact) mass is 274 g/mol. The number of hydrogen-bond donors (Lipinski definition) is 3. The average molecular weight is 274 g/mol. The second kappa shape index (κ2) is 6.15. The van der Waals surface area contributed by atoms with E-state index in [1.807, 2.05) is 32.9 Å². The first-order valence-electron chi connectivity index (χ1n) is 6.86. The fourth-order valence-electron chi connectivity index (χ4n) is 1.86. The van der Waals surface area contributed by atoms with Crippen LogP contribution in [0, 0.1) is 5.92 Å². The van der Waals surface area contributed by atoms with Gasteiger partial charge in [-0.05, 0) is 25.0 Å². The summed E-state index contributed by atoms with van der Waals surface area (Å²) in [6, 6.07) is 3.89. The van der Waals surface area contributed by atoms with Crippen LogP contribution in [0.2, 0.25) is 0 Å². The first kappa shape index (κ1) is 14.7. The molecular weight excluding hydrogens is 252 g/mol. The highest BCUT2D eigenvalue weighted by Gasteiger charge is 2.24. The van der Waals surface area contributed by atoms with Crippen molar-refractivity contribution in [3.8, 4) is 11.3 Å². The van der Waals surface area contributed by atoms with Crippen molar-refractivity contribution >= 4 is 0 Å². The molecule has 2 aromatic heterocycles. The lowest BCUT2D eigenvalue weighted by atomic mass is 9.92. The number of aliphatic hydroxyl groups is 1. The molecule has 1 unspecified atom stereocenters. The number of nitrogens with one attached hydrogen (secondary N) is 2. The molecule has 0 aliphatic carbocycles. The van der Waals surface area contributed by atoms with Crippen molar-refractivity contribution in [2.45, 2.75) is 32.9 Å². The SMILES string of the molecule is CC(C)C(C)(O)CNCc1cn[nH]c1-c1cccnc1. The third-order valence-corrected chi connectivity index (χ3v) is 3.71. The van der Waals surface area contributed by atoms with Gasteiger partial charge in [0.15, 0.2) is 0 Å². The van der Waals surface area contributed by atoms with Crippen molar-refractivity contribution in [2.75, 3.05) is 6.54 Å². The van der Waals surface area contributed by atoms with Crippen LogP contribution in [-0.4, -0.2) is 32.4 Å². The minimum Gasteiger partial charge on any atom is -0.389 e. The van der Waals surface area contributed by atoms with Crippen molar-refractivity contribution in [3.05, 3.63) is 36.3 Å². The highest BCUT2D eigenvalue weighted by atomic mass is 16.3. The van der Waals surface area contributed by atoms with Gasteiger partial charge in [-0.2, -0.15) is 5.10 Å². The van der Waals surface area contributed by atoms with Crippen molar-refractivity contribution < 1.29 is 5.11 Å². The first-order valence-corrected chi connectivity index (χ1v) is 6.86. The molecule has 20 heavy (non-hydrogen) atoms. The quantitative estimate of drug-likeness (QED) is 0.753. The van der Waals surface area contributed by atoms with Crippen LogP contribution in [0.15, 0.2) is 30.7 Å². The zero-order valence-electron chi connectivity index (χ0n) is 12.2. The number of hydrogen-bond acceptors (Lipinski definition) is 4. The number of aromatic nitrogens is 3. The van der Waals surface area contributed by atoms with Crippen LogP contribution in [0.1, 0.15) is 26.3 Å². The molecule has 0 bridgehead atoms. The molecule has 0 radical (unpaired) electrons. The minimum absolute atomic E-state index is 0.206. The Kier molecular flexibility index (Phi) is 4.52. The van der Waals surface area contributed by atoms with Gasteiger partial charge in [0.2, 0.25) is 0 Å². The molecule has 0 saturated heterocycles. The highest BCUT2D eigenvalue weighted by Crippen LogP contribution is 2.20. The van der Waals surface area contributed by atoms with E-state index in [0.29, 0.717) is 13.1 Å². The average Bonchev–Trinajstić information content (AvgIpc) is 2.88. The summed E-state index contributed by atoms with van der Waals surface area (Å²) >= 11 is 0. The fraction of sp³-hybridized carbons (Fsp3) is 0.467. The number of aromatic amines is 1. The van der Waals surface area contributed by atoms with Gasteiger partial charge in [0, 0.05) is 36.6 Å². The van der Waals surface area contributed by atoms with Crippen molar-refractivity contribution in [2.24, 2.45) is 5.92 Å². The summed E-state index contributed by atoms with van der Waals surface area (Å²) in [6.45, 7) is 7.08. The van der Waals surface area contributed by atoms with E-state index in [2.05, 4.69) is 20.5 Å². The molecule has 0 aliphatic heterocycles. The van der Waals surface area contributed by atoms with Crippen LogP contribution in [0.5, 0.6) is 0 Å². The van der Waals surface area contributed by atoms with Gasteiger partial charge in [-0.15, -0.1) is 0 Å². The molecule has 2 aromatic rings. The zero-order chi connectivity index (χ0) is 14.6. The molecule has 0 aliphatic rings. The summed E-state index contributed by atoms with van der Waals surface area (Å²) in [4.78, 5) is 4.12. The van der Waals surface area contributed by atoms with E-state index >= 15 is 0 Å². The largest absolute Gasteiger partial charge is 0.389 e. The molecule has 0 aromatic carbocycles. The molecule has 2 heterocycles. The van der Waals surface area contributed by atoms with E-state index in [9.17, 15) is 5.11 Å². The van der Waals surface area contributed by atoms with E-state index in [4.69, 9.17) is 0 Å². The Morgan fingerprint density at radius 1 is 1.40 bits per heavy atom. The highest BCUT2D eigenvalue weighted by molar-refractivity contribution is 5.61. The number of pyridine rings is 1. The minimum atomic E-state index is -0.710. The lowest BCUT2D eigenvalue weighted by Gasteiger charge is -2.27. The Balaban J connectivity index is 2.00. The lowest BCUT2D eigenvalue weighted by Crippen LogP contribution is -2.41. The maximum Gasteiger partial charge on any atom is 0.0766 e. The van der Waals surface area contributed by atoms with E-state index in [0.717, 1.165) is 16.8 Å². The molecule has 0 saturated carbocycles. The maximum atomic E-state index is 10.2. The maximum absolute atomic E-state index is 10.2. The van der Waals surface area contributed by atoms with Crippen molar-refractivity contribution in [3.63, 3.8) is 0 Å². The van der Waals surface area contributed by atoms with E-state index in [1.165, 1.54) is 0 Å². The molecule has 0 spiro atoms. The van der Waals surface area contributed by atoms with Gasteiger partial charge in [0.25, 0.3) is 0 Å². The molecule has 108 valence electrons. The predicted molar refractivity (Wildman–Crippen MR) is 79.0 cm³/mol. The van der Waals surface area contributed by atoms with Crippen LogP contribution in [0.3, 0.4) is 0 Å². The third kappa shape index (κ3) is 3.43. The Morgan fingerprint density at radius 3 is 2.85 bits per heavy atom. The lowest BCUT2D eigenvalue weighted by molar-refractivity contribution is 0.0140. The predicted octanol–water partition coefficient (Wildman–Crippen LogP) is 1.97. The summed E-state index contributed by atoms with van der Waals surface area (Å²) in [7, 11) is 0. The van der Waals surface area contributed by atoms with Gasteiger partial charge in [0.05, 0.1) is 17.5 Å². The van der Waals surface area contributed by atoms with Crippen LogP contribution in [-0.2, 0) is 6.54 Å². The van der Waals surface area contributed by atoms with Gasteiger partial charge in [-0.3, -0.25) is 10.1 Å². The molecule has 0 fully saturated rings. The molecule has 5 heteroatoms. The summed E-state index contributed by atoms with van der Waals surface area (Å²) in [6.07, 6.45) is 5.36. The Labute approximate surface area is 119 Å². The third-order valence-electron chi connectivity index (χ3n) is 3.71. The van der Waals surface area contributed by atoms with Crippen molar-refractivity contribution in [1.29, 1.82) is 0 Å². The standard InChI is InChI=1S/C15H22N4O/c1-11(2)15(3,20)10-17-8-13-9-18-19-14(13)12-5-4-6-16-7-12/h4-7,9,11,17,20H,8,10H2,1-3H3,(H,18,19). The first-order chi connectivity index (χ1) is 9.50. The van der Waals surface area contributed by atoms with Gasteiger partial charge in [-0.25, -0.2) is 0 Å². The van der Waals surface area contributed by atoms with Crippen LogP contribution < -0.4 is 5.32 Å². The second-order valence-corrected chi connectivity index (χ2v) is 5.63. The summed E-state index contributed by atoms with van der Waals surface area (Å²) in [5.74, 6) is 0.206. The molecule has 2 rings (SSSR count). The van der Waals surface area contributed by atoms with E-state index < -0.39 is 5.60 Å². The van der Waals surface area contributed by atoms with Crippen molar-refractivity contribution in [1.82, 2.24) is 20.5 Å². The summed E-state index contributed by atoms with van der Waals surface area (Å²) < 4.78 is 0. The zero-order valence-corrected chi connectivity index (χ0v) is 12.2. The number of rotatable bonds is 6. The van der Waals surface area contributed by atoms with Gasteiger partial charge in [0.1, 0.15) is 0 Å². The summed E-state index contributed by atoms with van der Waals surface area (Å²) in [5.41, 5.74) is 2.34. The normalized spacial score (nSPS) is 14.4. The fourth-order valence-corrected chi connectivity index (χ4v) is 1.86. The van der Waals surface area contributed by atoms with Gasteiger partial charge < -0.3 is 10.4 Å². The molecular formula is C15H22N4O. The van der Waals surface area contributed by atoms with Crippen LogP contribution in [0.25, 0.3) is 11.3 Å². The smallest absolute Gasteiger partial charge is 0.0766 e. The molecule has 1 atom stereocenters. The molecule has 5 nitrogen and oxygen atoms in total. The number of nitrogens with zero attached hydrogens (tertiary/aromatic N) is 2. The van der Waals surface area contributed by atoms with Gasteiger partial charge in [-0.1, -0.05) is 13.8 Å².